The number of amides is 1. The first-order valence-corrected chi connectivity index (χ1v) is 6.47. The van der Waals surface area contributed by atoms with Gasteiger partial charge in [-0.2, -0.15) is 0 Å². The summed E-state index contributed by atoms with van der Waals surface area (Å²) < 4.78 is 5.25. The van der Waals surface area contributed by atoms with Crippen molar-refractivity contribution in [3.8, 4) is 0 Å². The number of furan rings is 1. The van der Waals surface area contributed by atoms with Crippen molar-refractivity contribution in [1.82, 2.24) is 5.32 Å². The Kier molecular flexibility index (Phi) is 4.59. The lowest BCUT2D eigenvalue weighted by molar-refractivity contribution is 0.0907. The number of hydrogen-bond donors (Lipinski definition) is 1. The molecule has 0 unspecified atom stereocenters. The number of rotatable bonds is 5. The summed E-state index contributed by atoms with van der Waals surface area (Å²) in [5, 5.41) is 3.82. The number of aryl methyl sites for hydroxylation is 1. The molecule has 0 aromatic carbocycles. The highest BCUT2D eigenvalue weighted by atomic mass is 79.9. The van der Waals surface area contributed by atoms with E-state index in [0.717, 1.165) is 17.5 Å². The second-order valence-electron chi connectivity index (χ2n) is 4.70. The van der Waals surface area contributed by atoms with Crippen LogP contribution >= 0.6 is 15.9 Å². The molecule has 0 saturated carbocycles. The predicted octanol–water partition coefficient (Wildman–Crippen LogP) is 3.13. The molecular weight excluding hydrogens is 270 g/mol. The van der Waals surface area contributed by atoms with Crippen LogP contribution in [0, 0.1) is 12.3 Å². The van der Waals surface area contributed by atoms with E-state index in [0.29, 0.717) is 12.3 Å². The van der Waals surface area contributed by atoms with Crippen molar-refractivity contribution < 1.29 is 9.21 Å². The van der Waals surface area contributed by atoms with E-state index in [1.807, 2.05) is 6.92 Å². The number of carbonyl (C=O) groups is 1. The van der Waals surface area contributed by atoms with E-state index in [-0.39, 0.29) is 11.3 Å². The van der Waals surface area contributed by atoms with E-state index in [1.165, 1.54) is 0 Å². The van der Waals surface area contributed by atoms with Crippen LogP contribution in [0.2, 0.25) is 0 Å². The summed E-state index contributed by atoms with van der Waals surface area (Å²) in [4.78, 5) is 11.7. The van der Waals surface area contributed by atoms with Crippen LogP contribution in [0.1, 0.15) is 36.6 Å². The zero-order valence-corrected chi connectivity index (χ0v) is 11.6. The molecule has 0 spiro atoms. The van der Waals surface area contributed by atoms with Gasteiger partial charge in [-0.1, -0.05) is 29.8 Å². The minimum Gasteiger partial charge on any atom is -0.456 e. The van der Waals surface area contributed by atoms with Crippen molar-refractivity contribution in [2.45, 2.75) is 27.2 Å². The van der Waals surface area contributed by atoms with Gasteiger partial charge in [0.2, 0.25) is 0 Å². The maximum absolute atomic E-state index is 11.7. The molecule has 0 aliphatic heterocycles. The fourth-order valence-electron chi connectivity index (χ4n) is 1.31. The standard InChI is InChI=1S/C12H18BrNO2/c1-9-4-5-10(16-9)11(15)14-8-12(2,3)6-7-13/h4-5H,6-8H2,1-3H3,(H,14,15). The highest BCUT2D eigenvalue weighted by Crippen LogP contribution is 2.20. The van der Waals surface area contributed by atoms with Gasteiger partial charge in [0.1, 0.15) is 5.76 Å². The number of hydrogen-bond acceptors (Lipinski definition) is 2. The maximum atomic E-state index is 11.7. The van der Waals surface area contributed by atoms with Gasteiger partial charge in [-0.3, -0.25) is 4.79 Å². The van der Waals surface area contributed by atoms with E-state index in [2.05, 4.69) is 35.1 Å². The smallest absolute Gasteiger partial charge is 0.287 e. The monoisotopic (exact) mass is 287 g/mol. The average molecular weight is 288 g/mol. The lowest BCUT2D eigenvalue weighted by Gasteiger charge is -2.23. The van der Waals surface area contributed by atoms with E-state index in [1.54, 1.807) is 12.1 Å². The van der Waals surface area contributed by atoms with E-state index < -0.39 is 0 Å². The van der Waals surface area contributed by atoms with Gasteiger partial charge in [0.05, 0.1) is 0 Å². The number of carbonyl (C=O) groups excluding carboxylic acids is 1. The fourth-order valence-corrected chi connectivity index (χ4v) is 2.38. The van der Waals surface area contributed by atoms with Gasteiger partial charge in [-0.05, 0) is 30.9 Å². The van der Waals surface area contributed by atoms with E-state index in [9.17, 15) is 4.79 Å². The number of halogens is 1. The molecule has 0 saturated heterocycles. The molecule has 0 bridgehead atoms. The van der Waals surface area contributed by atoms with Gasteiger partial charge in [0.15, 0.2) is 5.76 Å². The molecule has 16 heavy (non-hydrogen) atoms. The molecule has 3 nitrogen and oxygen atoms in total. The van der Waals surface area contributed by atoms with Gasteiger partial charge >= 0.3 is 0 Å². The third kappa shape index (κ3) is 4.00. The van der Waals surface area contributed by atoms with Crippen LogP contribution < -0.4 is 5.32 Å². The molecular formula is C12H18BrNO2. The largest absolute Gasteiger partial charge is 0.456 e. The van der Waals surface area contributed by atoms with Crippen molar-refractivity contribution in [3.05, 3.63) is 23.7 Å². The normalized spacial score (nSPS) is 11.5. The zero-order chi connectivity index (χ0) is 12.2. The van der Waals surface area contributed by atoms with Gasteiger partial charge < -0.3 is 9.73 Å². The van der Waals surface area contributed by atoms with Gasteiger partial charge in [0.25, 0.3) is 5.91 Å². The second kappa shape index (κ2) is 5.53. The Morgan fingerprint density at radius 2 is 2.19 bits per heavy atom. The molecule has 90 valence electrons. The van der Waals surface area contributed by atoms with Crippen LogP contribution in [0.25, 0.3) is 0 Å². The highest BCUT2D eigenvalue weighted by Gasteiger charge is 2.19. The molecule has 4 heteroatoms. The Morgan fingerprint density at radius 3 is 2.69 bits per heavy atom. The molecule has 1 N–H and O–H groups in total. The minimum absolute atomic E-state index is 0.0980. The molecule has 0 aliphatic rings. The fraction of sp³-hybridized carbons (Fsp3) is 0.583. The number of nitrogens with one attached hydrogen (secondary N) is 1. The summed E-state index contributed by atoms with van der Waals surface area (Å²) in [6.07, 6.45) is 1.02. The van der Waals surface area contributed by atoms with Gasteiger partial charge in [-0.25, -0.2) is 0 Å². The Hall–Kier alpha value is -0.770. The summed E-state index contributed by atoms with van der Waals surface area (Å²) in [6.45, 7) is 6.73. The van der Waals surface area contributed by atoms with Crippen molar-refractivity contribution >= 4 is 21.8 Å². The Bertz CT molecular complexity index is 358. The molecule has 1 aromatic heterocycles. The van der Waals surface area contributed by atoms with Crippen molar-refractivity contribution in [1.29, 1.82) is 0 Å². The summed E-state index contributed by atoms with van der Waals surface area (Å²) >= 11 is 3.41. The van der Waals surface area contributed by atoms with Crippen molar-refractivity contribution in [3.63, 3.8) is 0 Å². The summed E-state index contributed by atoms with van der Waals surface area (Å²) in [6, 6.07) is 3.49. The van der Waals surface area contributed by atoms with Crippen LogP contribution in [0.5, 0.6) is 0 Å². The zero-order valence-electron chi connectivity index (χ0n) is 9.97. The third-order valence-electron chi connectivity index (χ3n) is 2.46. The molecule has 1 heterocycles. The van der Waals surface area contributed by atoms with Gasteiger partial charge in [-0.15, -0.1) is 0 Å². The van der Waals surface area contributed by atoms with Crippen LogP contribution in [0.4, 0.5) is 0 Å². The van der Waals surface area contributed by atoms with E-state index in [4.69, 9.17) is 4.42 Å². The first-order valence-electron chi connectivity index (χ1n) is 5.35. The molecule has 0 atom stereocenters. The molecule has 0 aliphatic carbocycles. The Labute approximate surface area is 105 Å². The first-order chi connectivity index (χ1) is 7.44. The lowest BCUT2D eigenvalue weighted by Crippen LogP contribution is -2.34. The minimum atomic E-state index is -0.143. The van der Waals surface area contributed by atoms with Crippen molar-refractivity contribution in [2.24, 2.45) is 5.41 Å². The molecule has 1 rings (SSSR count). The van der Waals surface area contributed by atoms with E-state index >= 15 is 0 Å². The number of alkyl halides is 1. The van der Waals surface area contributed by atoms with Crippen LogP contribution in [-0.4, -0.2) is 17.8 Å². The van der Waals surface area contributed by atoms with Crippen LogP contribution in [0.3, 0.4) is 0 Å². The highest BCUT2D eigenvalue weighted by molar-refractivity contribution is 9.09. The third-order valence-corrected chi connectivity index (χ3v) is 2.86. The topological polar surface area (TPSA) is 42.2 Å². The second-order valence-corrected chi connectivity index (χ2v) is 5.49. The van der Waals surface area contributed by atoms with Gasteiger partial charge in [0, 0.05) is 11.9 Å². The molecule has 0 radical (unpaired) electrons. The lowest BCUT2D eigenvalue weighted by atomic mass is 9.90. The average Bonchev–Trinajstić information content (AvgIpc) is 2.61. The first kappa shape index (κ1) is 13.3. The SMILES string of the molecule is Cc1ccc(C(=O)NCC(C)(C)CCBr)o1. The summed E-state index contributed by atoms with van der Waals surface area (Å²) in [7, 11) is 0. The Balaban J connectivity index is 2.47. The molecule has 1 amide bonds. The quantitative estimate of drug-likeness (QED) is 0.846. The summed E-state index contributed by atoms with van der Waals surface area (Å²) in [5.41, 5.74) is 0.0980. The predicted molar refractivity (Wildman–Crippen MR) is 68.0 cm³/mol. The molecule has 1 aromatic rings. The van der Waals surface area contributed by atoms with Crippen LogP contribution in [0.15, 0.2) is 16.5 Å². The summed E-state index contributed by atoms with van der Waals surface area (Å²) in [5.74, 6) is 0.993. The van der Waals surface area contributed by atoms with Crippen LogP contribution in [-0.2, 0) is 0 Å². The van der Waals surface area contributed by atoms with Crippen molar-refractivity contribution in [2.75, 3.05) is 11.9 Å². The maximum Gasteiger partial charge on any atom is 0.287 e. The molecule has 0 fully saturated rings. The Morgan fingerprint density at radius 1 is 1.50 bits per heavy atom.